The molecule has 0 aliphatic heterocycles. The quantitative estimate of drug-likeness (QED) is 0.134. The summed E-state index contributed by atoms with van der Waals surface area (Å²) in [6.45, 7) is 4.73. The molecule has 0 saturated carbocycles. The molecule has 0 radical (unpaired) electrons. The van der Waals surface area contributed by atoms with Crippen LogP contribution in [0.3, 0.4) is 0 Å². The fourth-order valence-electron chi connectivity index (χ4n) is 3.01. The van der Waals surface area contributed by atoms with Crippen molar-refractivity contribution < 1.29 is 28.7 Å². The number of amides is 1. The Morgan fingerprint density at radius 2 is 1.75 bits per heavy atom. The molecule has 0 aromatic heterocycles. The molecule has 0 heterocycles. The first-order valence-electron chi connectivity index (χ1n) is 11.2. The van der Waals surface area contributed by atoms with Crippen molar-refractivity contribution in [2.24, 2.45) is 5.10 Å². The number of nitrogens with zero attached hydrogens (tertiary/aromatic N) is 2. The number of benzene rings is 3. The first-order chi connectivity index (χ1) is 17.4. The normalized spacial score (nSPS) is 10.6. The van der Waals surface area contributed by atoms with Crippen molar-refractivity contribution in [3.8, 4) is 17.2 Å². The van der Waals surface area contributed by atoms with Crippen LogP contribution in [0, 0.1) is 10.1 Å². The number of nitro groups is 1. The molecule has 0 unspecified atom stereocenters. The molecule has 0 fully saturated rings. The summed E-state index contributed by atoms with van der Waals surface area (Å²) in [5.74, 6) is 0.0681. The number of ether oxygens (including phenoxy) is 3. The second kappa shape index (κ2) is 12.7. The molecule has 1 N–H and O–H groups in total. The van der Waals surface area contributed by atoms with Gasteiger partial charge in [0.1, 0.15) is 5.75 Å². The number of hydrogen-bond acceptors (Lipinski definition) is 8. The van der Waals surface area contributed by atoms with Gasteiger partial charge in [0.25, 0.3) is 11.6 Å². The summed E-state index contributed by atoms with van der Waals surface area (Å²) < 4.78 is 16.6. The van der Waals surface area contributed by atoms with Gasteiger partial charge in [0.15, 0.2) is 11.5 Å². The van der Waals surface area contributed by atoms with Gasteiger partial charge in [-0.1, -0.05) is 13.0 Å². The van der Waals surface area contributed by atoms with E-state index in [-0.39, 0.29) is 17.0 Å². The van der Waals surface area contributed by atoms with E-state index in [1.807, 2.05) is 6.92 Å². The van der Waals surface area contributed by atoms with Gasteiger partial charge in [-0.25, -0.2) is 10.2 Å². The number of hydrazone groups is 1. The van der Waals surface area contributed by atoms with Gasteiger partial charge >= 0.3 is 5.97 Å². The van der Waals surface area contributed by atoms with Crippen molar-refractivity contribution in [2.75, 3.05) is 13.2 Å². The van der Waals surface area contributed by atoms with Gasteiger partial charge in [0.05, 0.1) is 29.9 Å². The van der Waals surface area contributed by atoms with Crippen LogP contribution in [0.1, 0.15) is 46.5 Å². The lowest BCUT2D eigenvalue weighted by atomic mass is 10.2. The van der Waals surface area contributed by atoms with Gasteiger partial charge in [-0.15, -0.1) is 0 Å². The van der Waals surface area contributed by atoms with Crippen LogP contribution in [-0.2, 0) is 0 Å². The van der Waals surface area contributed by atoms with Gasteiger partial charge in [-0.05, 0) is 67.4 Å². The maximum atomic E-state index is 12.6. The molecule has 10 heteroatoms. The number of carbonyl (C=O) groups is 2. The number of hydrogen-bond donors (Lipinski definition) is 1. The zero-order chi connectivity index (χ0) is 25.9. The molecule has 1 amide bonds. The lowest BCUT2D eigenvalue weighted by Gasteiger charge is -2.12. The average molecular weight is 492 g/mol. The van der Waals surface area contributed by atoms with E-state index in [2.05, 4.69) is 10.5 Å². The molecular formula is C26H25N3O7. The summed E-state index contributed by atoms with van der Waals surface area (Å²) >= 11 is 0. The Labute approximate surface area is 207 Å². The van der Waals surface area contributed by atoms with E-state index < -0.39 is 16.8 Å². The lowest BCUT2D eigenvalue weighted by Crippen LogP contribution is -2.17. The molecule has 3 rings (SSSR count). The summed E-state index contributed by atoms with van der Waals surface area (Å²) in [6, 6.07) is 16.8. The summed E-state index contributed by atoms with van der Waals surface area (Å²) in [6.07, 6.45) is 2.26. The van der Waals surface area contributed by atoms with Crippen molar-refractivity contribution in [2.45, 2.75) is 20.3 Å². The number of non-ortho nitro benzene ring substituents is 1. The Kier molecular flexibility index (Phi) is 9.10. The predicted octanol–water partition coefficient (Wildman–Crippen LogP) is 4.77. The Bertz CT molecular complexity index is 1260. The fraction of sp³-hybridized carbons (Fsp3) is 0.192. The molecule has 0 aliphatic carbocycles. The standard InChI is InChI=1S/C26H25N3O7/c1-3-14-35-22-11-9-19(10-12-22)26(31)36-23-13-8-18(15-24(23)34-4-2)17-27-28-25(30)20-6-5-7-21(16-20)29(32)33/h5-13,15-17H,3-4,14H2,1-2H3,(H,28,30)/b27-17+. The molecule has 0 bridgehead atoms. The first kappa shape index (κ1) is 25.9. The number of esters is 1. The van der Waals surface area contributed by atoms with Gasteiger partial charge in [0.2, 0.25) is 0 Å². The maximum Gasteiger partial charge on any atom is 0.343 e. The highest BCUT2D eigenvalue weighted by Gasteiger charge is 2.14. The average Bonchev–Trinajstić information content (AvgIpc) is 2.89. The Morgan fingerprint density at radius 1 is 0.972 bits per heavy atom. The summed E-state index contributed by atoms with van der Waals surface area (Å²) in [5, 5.41) is 14.8. The van der Waals surface area contributed by atoms with Crippen molar-refractivity contribution >= 4 is 23.8 Å². The minimum absolute atomic E-state index is 0.101. The molecule has 186 valence electrons. The van der Waals surface area contributed by atoms with Crippen LogP contribution < -0.4 is 19.6 Å². The molecule has 0 spiro atoms. The van der Waals surface area contributed by atoms with Gasteiger partial charge in [0, 0.05) is 17.7 Å². The second-order valence-electron chi connectivity index (χ2n) is 7.41. The molecule has 3 aromatic carbocycles. The van der Waals surface area contributed by atoms with Crippen LogP contribution >= 0.6 is 0 Å². The van der Waals surface area contributed by atoms with Crippen LogP contribution in [0.5, 0.6) is 17.2 Å². The van der Waals surface area contributed by atoms with Crippen molar-refractivity contribution in [3.63, 3.8) is 0 Å². The van der Waals surface area contributed by atoms with E-state index in [1.165, 1.54) is 24.4 Å². The summed E-state index contributed by atoms with van der Waals surface area (Å²) in [5.41, 5.74) is 3.15. The third kappa shape index (κ3) is 7.13. The topological polar surface area (TPSA) is 129 Å². The predicted molar refractivity (Wildman–Crippen MR) is 133 cm³/mol. The zero-order valence-electron chi connectivity index (χ0n) is 19.8. The van der Waals surface area contributed by atoms with E-state index >= 15 is 0 Å². The third-order valence-corrected chi connectivity index (χ3v) is 4.73. The summed E-state index contributed by atoms with van der Waals surface area (Å²) in [7, 11) is 0. The van der Waals surface area contributed by atoms with Crippen LogP contribution in [0.4, 0.5) is 5.69 Å². The highest BCUT2D eigenvalue weighted by Crippen LogP contribution is 2.29. The smallest absolute Gasteiger partial charge is 0.343 e. The van der Waals surface area contributed by atoms with E-state index in [9.17, 15) is 19.7 Å². The minimum Gasteiger partial charge on any atom is -0.494 e. The van der Waals surface area contributed by atoms with E-state index in [1.54, 1.807) is 49.4 Å². The summed E-state index contributed by atoms with van der Waals surface area (Å²) in [4.78, 5) is 35.1. The molecule has 0 atom stereocenters. The van der Waals surface area contributed by atoms with Gasteiger partial charge in [-0.2, -0.15) is 5.10 Å². The number of carbonyl (C=O) groups excluding carboxylic acids is 2. The Morgan fingerprint density at radius 3 is 2.44 bits per heavy atom. The molecule has 36 heavy (non-hydrogen) atoms. The lowest BCUT2D eigenvalue weighted by molar-refractivity contribution is -0.384. The highest BCUT2D eigenvalue weighted by atomic mass is 16.6. The molecule has 0 saturated heterocycles. The number of nitro benzene ring substituents is 1. The largest absolute Gasteiger partial charge is 0.494 e. The van der Waals surface area contributed by atoms with E-state index in [0.717, 1.165) is 12.5 Å². The van der Waals surface area contributed by atoms with E-state index in [4.69, 9.17) is 14.2 Å². The van der Waals surface area contributed by atoms with Crippen molar-refractivity contribution in [3.05, 3.63) is 93.5 Å². The van der Waals surface area contributed by atoms with Crippen LogP contribution in [0.25, 0.3) is 0 Å². The Balaban J connectivity index is 1.67. The molecule has 10 nitrogen and oxygen atoms in total. The van der Waals surface area contributed by atoms with Crippen molar-refractivity contribution in [1.82, 2.24) is 5.43 Å². The Hall–Kier alpha value is -4.73. The van der Waals surface area contributed by atoms with Crippen LogP contribution in [0.2, 0.25) is 0 Å². The number of nitrogens with one attached hydrogen (secondary N) is 1. The van der Waals surface area contributed by atoms with Gasteiger partial charge < -0.3 is 14.2 Å². The molecule has 3 aromatic rings. The number of rotatable bonds is 11. The third-order valence-electron chi connectivity index (χ3n) is 4.73. The highest BCUT2D eigenvalue weighted by molar-refractivity contribution is 5.95. The van der Waals surface area contributed by atoms with Crippen LogP contribution in [-0.4, -0.2) is 36.2 Å². The molecule has 0 aliphatic rings. The van der Waals surface area contributed by atoms with E-state index in [0.29, 0.717) is 35.8 Å². The first-order valence-corrected chi connectivity index (χ1v) is 11.2. The molecular weight excluding hydrogens is 466 g/mol. The zero-order valence-corrected chi connectivity index (χ0v) is 19.8. The van der Waals surface area contributed by atoms with Gasteiger partial charge in [-0.3, -0.25) is 14.9 Å². The second-order valence-corrected chi connectivity index (χ2v) is 7.41. The maximum absolute atomic E-state index is 12.6. The fourth-order valence-corrected chi connectivity index (χ4v) is 3.01. The van der Waals surface area contributed by atoms with Crippen LogP contribution in [0.15, 0.2) is 71.8 Å². The minimum atomic E-state index is -0.600. The SMILES string of the molecule is CCCOc1ccc(C(=O)Oc2ccc(/C=N/NC(=O)c3cccc([N+](=O)[O-])c3)cc2OCC)cc1. The monoisotopic (exact) mass is 491 g/mol. The van der Waals surface area contributed by atoms with Crippen molar-refractivity contribution in [1.29, 1.82) is 0 Å².